The molecule has 0 atom stereocenters. The summed E-state index contributed by atoms with van der Waals surface area (Å²) in [5.41, 5.74) is 2.05. The summed E-state index contributed by atoms with van der Waals surface area (Å²) in [6.07, 6.45) is 6.71. The molecule has 1 N–H and O–H groups in total. The van der Waals surface area contributed by atoms with Crippen LogP contribution in [0.3, 0.4) is 0 Å². The van der Waals surface area contributed by atoms with E-state index in [1.165, 1.54) is 11.3 Å². The minimum Gasteiger partial charge on any atom is -0.356 e. The molecule has 8 heteroatoms. The van der Waals surface area contributed by atoms with Gasteiger partial charge in [0, 0.05) is 55.3 Å². The van der Waals surface area contributed by atoms with E-state index in [4.69, 9.17) is 0 Å². The predicted molar refractivity (Wildman–Crippen MR) is 120 cm³/mol. The molecule has 30 heavy (non-hydrogen) atoms. The van der Waals surface area contributed by atoms with Crippen molar-refractivity contribution in [3.63, 3.8) is 0 Å². The lowest BCUT2D eigenvalue weighted by molar-refractivity contribution is -0.126. The smallest absolute Gasteiger partial charge is 0.263 e. The monoisotopic (exact) mass is 440 g/mol. The number of rotatable bonds is 7. The molecule has 0 unspecified atom stereocenters. The second kappa shape index (κ2) is 9.95. The second-order valence-corrected chi connectivity index (χ2v) is 9.19. The summed E-state index contributed by atoms with van der Waals surface area (Å²) in [6, 6.07) is 7.66. The van der Waals surface area contributed by atoms with Gasteiger partial charge in [-0.05, 0) is 42.8 Å². The van der Waals surface area contributed by atoms with Crippen molar-refractivity contribution in [3.8, 4) is 11.3 Å². The zero-order valence-corrected chi connectivity index (χ0v) is 18.3. The third-order valence-electron chi connectivity index (χ3n) is 5.28. The average Bonchev–Trinajstić information content (AvgIpc) is 3.49. The minimum absolute atomic E-state index is 0.00413. The van der Waals surface area contributed by atoms with Gasteiger partial charge in [-0.3, -0.25) is 14.6 Å². The van der Waals surface area contributed by atoms with Crippen LogP contribution < -0.4 is 5.32 Å². The molecule has 1 aliphatic heterocycles. The standard InChI is InChI=1S/C22H24N4O2S2/c27-21(17-7-12-26(13-8-17)22(28)19-3-2-14-29-19)24-9-1-4-20-25-18(15-30-20)16-5-10-23-11-6-16/h2-3,5-6,10-11,14-15,17H,1,4,7-9,12-13H2,(H,24,27). The number of hydrogen-bond donors (Lipinski definition) is 1. The van der Waals surface area contributed by atoms with Crippen molar-refractivity contribution in [2.75, 3.05) is 19.6 Å². The van der Waals surface area contributed by atoms with E-state index in [-0.39, 0.29) is 17.7 Å². The van der Waals surface area contributed by atoms with E-state index in [1.807, 2.05) is 34.5 Å². The number of pyridine rings is 1. The Hall–Kier alpha value is -2.58. The third-order valence-corrected chi connectivity index (χ3v) is 7.05. The highest BCUT2D eigenvalue weighted by molar-refractivity contribution is 7.12. The fourth-order valence-corrected chi connectivity index (χ4v) is 5.12. The van der Waals surface area contributed by atoms with Crippen molar-refractivity contribution >= 4 is 34.5 Å². The van der Waals surface area contributed by atoms with Gasteiger partial charge < -0.3 is 10.2 Å². The van der Waals surface area contributed by atoms with Gasteiger partial charge in [0.1, 0.15) is 0 Å². The van der Waals surface area contributed by atoms with Crippen LogP contribution in [-0.2, 0) is 11.2 Å². The highest BCUT2D eigenvalue weighted by atomic mass is 32.1. The molecule has 1 saturated heterocycles. The Labute approximate surface area is 184 Å². The van der Waals surface area contributed by atoms with Crippen molar-refractivity contribution in [1.82, 2.24) is 20.2 Å². The third kappa shape index (κ3) is 5.12. The molecule has 6 nitrogen and oxygen atoms in total. The Bertz CT molecular complexity index is 964. The van der Waals surface area contributed by atoms with Crippen LogP contribution in [0.1, 0.15) is 33.9 Å². The van der Waals surface area contributed by atoms with E-state index >= 15 is 0 Å². The van der Waals surface area contributed by atoms with Gasteiger partial charge in [-0.25, -0.2) is 4.98 Å². The van der Waals surface area contributed by atoms with E-state index in [9.17, 15) is 9.59 Å². The van der Waals surface area contributed by atoms with Gasteiger partial charge in [-0.15, -0.1) is 22.7 Å². The second-order valence-electron chi connectivity index (χ2n) is 7.30. The lowest BCUT2D eigenvalue weighted by atomic mass is 9.95. The number of aromatic nitrogens is 2. The number of likely N-dealkylation sites (tertiary alicyclic amines) is 1. The van der Waals surface area contributed by atoms with Crippen molar-refractivity contribution in [2.45, 2.75) is 25.7 Å². The molecular formula is C22H24N4O2S2. The van der Waals surface area contributed by atoms with E-state index in [2.05, 4.69) is 20.7 Å². The molecule has 1 aliphatic rings. The molecule has 0 bridgehead atoms. The van der Waals surface area contributed by atoms with E-state index < -0.39 is 0 Å². The molecule has 0 spiro atoms. The molecule has 4 rings (SSSR count). The Kier molecular flexibility index (Phi) is 6.86. The first kappa shape index (κ1) is 20.7. The topological polar surface area (TPSA) is 75.2 Å². The van der Waals surface area contributed by atoms with Gasteiger partial charge >= 0.3 is 0 Å². The maximum atomic E-state index is 12.5. The number of nitrogens with one attached hydrogen (secondary N) is 1. The molecule has 3 aromatic heterocycles. The lowest BCUT2D eigenvalue weighted by Gasteiger charge is -2.31. The normalized spacial score (nSPS) is 14.6. The van der Waals surface area contributed by atoms with Gasteiger partial charge in [-0.2, -0.15) is 0 Å². The summed E-state index contributed by atoms with van der Waals surface area (Å²) < 4.78 is 0. The molecule has 0 aliphatic carbocycles. The molecule has 4 heterocycles. The zero-order chi connectivity index (χ0) is 20.8. The van der Waals surface area contributed by atoms with Gasteiger partial charge in [0.15, 0.2) is 0 Å². The van der Waals surface area contributed by atoms with Crippen molar-refractivity contribution in [3.05, 3.63) is 57.3 Å². The van der Waals surface area contributed by atoms with Crippen molar-refractivity contribution < 1.29 is 9.59 Å². The fraction of sp³-hybridized carbons (Fsp3) is 0.364. The fourth-order valence-electron chi connectivity index (χ4n) is 3.58. The number of aryl methyl sites for hydroxylation is 1. The highest BCUT2D eigenvalue weighted by Gasteiger charge is 2.27. The summed E-state index contributed by atoms with van der Waals surface area (Å²) in [5, 5.41) is 8.12. The number of carbonyl (C=O) groups is 2. The summed E-state index contributed by atoms with van der Waals surface area (Å²) in [4.78, 5) is 36.2. The Morgan fingerprint density at radius 1 is 1.13 bits per heavy atom. The van der Waals surface area contributed by atoms with Gasteiger partial charge in [0.2, 0.25) is 5.91 Å². The van der Waals surface area contributed by atoms with E-state index in [1.54, 1.807) is 23.7 Å². The summed E-state index contributed by atoms with van der Waals surface area (Å²) in [6.45, 7) is 1.94. The number of thiazole rings is 1. The first-order chi connectivity index (χ1) is 14.7. The largest absolute Gasteiger partial charge is 0.356 e. The number of nitrogens with zero attached hydrogens (tertiary/aromatic N) is 3. The van der Waals surface area contributed by atoms with Crippen LogP contribution in [0, 0.1) is 5.92 Å². The van der Waals surface area contributed by atoms with Crippen LogP contribution in [0.25, 0.3) is 11.3 Å². The molecule has 0 radical (unpaired) electrons. The first-order valence-corrected chi connectivity index (χ1v) is 11.9. The van der Waals surface area contributed by atoms with Gasteiger partial charge in [0.25, 0.3) is 5.91 Å². The van der Waals surface area contributed by atoms with Crippen molar-refractivity contribution in [2.24, 2.45) is 5.92 Å². The van der Waals surface area contributed by atoms with Crippen LogP contribution >= 0.6 is 22.7 Å². The highest BCUT2D eigenvalue weighted by Crippen LogP contribution is 2.22. The maximum Gasteiger partial charge on any atom is 0.263 e. The molecule has 0 aromatic carbocycles. The van der Waals surface area contributed by atoms with Crippen molar-refractivity contribution in [1.29, 1.82) is 0 Å². The van der Waals surface area contributed by atoms with Gasteiger partial charge in [0.05, 0.1) is 15.6 Å². The van der Waals surface area contributed by atoms with Crippen LogP contribution in [0.4, 0.5) is 0 Å². The predicted octanol–water partition coefficient (Wildman–Crippen LogP) is 3.87. The number of amides is 2. The number of hydrogen-bond acceptors (Lipinski definition) is 6. The Balaban J connectivity index is 1.16. The summed E-state index contributed by atoms with van der Waals surface area (Å²) >= 11 is 3.12. The van der Waals surface area contributed by atoms with Gasteiger partial charge in [-0.1, -0.05) is 6.07 Å². The van der Waals surface area contributed by atoms with E-state index in [0.29, 0.717) is 19.6 Å². The molecule has 156 valence electrons. The quantitative estimate of drug-likeness (QED) is 0.566. The number of thiophene rings is 1. The molecule has 1 fully saturated rings. The molecular weight excluding hydrogens is 416 g/mol. The lowest BCUT2D eigenvalue weighted by Crippen LogP contribution is -2.43. The average molecular weight is 441 g/mol. The molecule has 0 saturated carbocycles. The van der Waals surface area contributed by atoms with Crippen LogP contribution in [0.15, 0.2) is 47.4 Å². The summed E-state index contributed by atoms with van der Waals surface area (Å²) in [5.74, 6) is 0.184. The minimum atomic E-state index is -0.00413. The number of carbonyl (C=O) groups excluding carboxylic acids is 2. The molecule has 2 amide bonds. The Morgan fingerprint density at radius 3 is 2.67 bits per heavy atom. The van der Waals surface area contributed by atoms with E-state index in [0.717, 1.165) is 46.8 Å². The zero-order valence-electron chi connectivity index (χ0n) is 16.6. The SMILES string of the molecule is O=C(NCCCc1nc(-c2ccncc2)cs1)C1CCN(C(=O)c2cccs2)CC1. The first-order valence-electron chi connectivity index (χ1n) is 10.2. The maximum absolute atomic E-state index is 12.5. The summed E-state index contributed by atoms with van der Waals surface area (Å²) in [7, 11) is 0. The number of piperidine rings is 1. The van der Waals surface area contributed by atoms with Crippen LogP contribution in [0.2, 0.25) is 0 Å². The van der Waals surface area contributed by atoms with Crippen LogP contribution in [0.5, 0.6) is 0 Å². The molecule has 3 aromatic rings. The van der Waals surface area contributed by atoms with Crippen LogP contribution in [-0.4, -0.2) is 46.3 Å². The Morgan fingerprint density at radius 2 is 1.93 bits per heavy atom.